The predicted molar refractivity (Wildman–Crippen MR) is 141 cm³/mol. The van der Waals surface area contributed by atoms with E-state index < -0.39 is 6.04 Å². The number of ether oxygens (including phenoxy) is 3. The summed E-state index contributed by atoms with van der Waals surface area (Å²) < 4.78 is 16.1. The molecule has 9 heteroatoms. The van der Waals surface area contributed by atoms with E-state index in [1.165, 1.54) is 5.56 Å². The van der Waals surface area contributed by atoms with Gasteiger partial charge in [0.05, 0.1) is 27.4 Å². The maximum atomic E-state index is 8.29. The van der Waals surface area contributed by atoms with E-state index in [1.807, 2.05) is 24.3 Å². The number of nitrogens with two attached hydrogens (primary N) is 1. The lowest BCUT2D eigenvalue weighted by Crippen LogP contribution is -2.39. The van der Waals surface area contributed by atoms with Crippen molar-refractivity contribution in [2.24, 2.45) is 10.8 Å². The largest absolute Gasteiger partial charge is 0.493 e. The van der Waals surface area contributed by atoms with E-state index in [1.54, 1.807) is 14.2 Å². The Kier molecular flexibility index (Phi) is 11.3. The van der Waals surface area contributed by atoms with Crippen molar-refractivity contribution >= 4 is 5.84 Å². The van der Waals surface area contributed by atoms with Crippen LogP contribution in [0.3, 0.4) is 0 Å². The molecule has 2 aliphatic heterocycles. The second kappa shape index (κ2) is 14.6. The Morgan fingerprint density at radius 1 is 1.03 bits per heavy atom. The van der Waals surface area contributed by atoms with Gasteiger partial charge in [-0.05, 0) is 43.5 Å². The van der Waals surface area contributed by atoms with Crippen molar-refractivity contribution in [2.45, 2.75) is 24.8 Å². The molecule has 0 aliphatic carbocycles. The van der Waals surface area contributed by atoms with Crippen molar-refractivity contribution in [1.29, 1.82) is 10.9 Å². The standard InChI is InChI=1S/C21H26N4O2.C6H14N2O/c1-26-18-10-6-9-17(20(18)27-2)19(21(22)24-23)25-13-11-16(12-14-25)15-7-4-3-5-8-15;7-1-2-8-3-5-9-6-4-8/h3-10,16,19,22-23H,11-14H2,1-2H3;1-7H2. The molecule has 2 heterocycles. The van der Waals surface area contributed by atoms with Crippen LogP contribution in [0.2, 0.25) is 0 Å². The molecule has 0 saturated carbocycles. The number of piperidine rings is 1. The average Bonchev–Trinajstić information content (AvgIpc) is 2.95. The summed E-state index contributed by atoms with van der Waals surface area (Å²) in [5.74, 6) is 1.76. The Balaban J connectivity index is 0.000000338. The van der Waals surface area contributed by atoms with E-state index in [-0.39, 0.29) is 5.84 Å². The highest BCUT2D eigenvalue weighted by Crippen LogP contribution is 2.40. The number of likely N-dealkylation sites (tertiary alicyclic amines) is 1. The summed E-state index contributed by atoms with van der Waals surface area (Å²) in [7, 11) is 3.20. The molecule has 2 aromatic rings. The second-order valence-electron chi connectivity index (χ2n) is 8.95. The van der Waals surface area contributed by atoms with Crippen LogP contribution in [0.4, 0.5) is 0 Å². The number of rotatable bonds is 8. The summed E-state index contributed by atoms with van der Waals surface area (Å²) in [5.41, 5.74) is 15.0. The third-order valence-corrected chi connectivity index (χ3v) is 6.82. The van der Waals surface area contributed by atoms with E-state index in [0.717, 1.165) is 70.9 Å². The quantitative estimate of drug-likeness (QED) is 0.290. The summed E-state index contributed by atoms with van der Waals surface area (Å²) in [6.45, 7) is 7.31. The molecule has 1 atom stereocenters. The fourth-order valence-electron chi connectivity index (χ4n) is 4.93. The van der Waals surface area contributed by atoms with E-state index in [4.69, 9.17) is 30.9 Å². The number of nitrogens with one attached hydrogen (secondary N) is 2. The van der Waals surface area contributed by atoms with Crippen molar-refractivity contribution in [3.8, 4) is 11.5 Å². The van der Waals surface area contributed by atoms with Crippen LogP contribution >= 0.6 is 0 Å². The molecule has 196 valence electrons. The molecule has 2 saturated heterocycles. The highest BCUT2D eigenvalue weighted by atomic mass is 16.5. The first-order chi connectivity index (χ1) is 17.6. The Hall–Kier alpha value is -2.85. The van der Waals surface area contributed by atoms with Gasteiger partial charge in [0, 0.05) is 31.7 Å². The van der Waals surface area contributed by atoms with E-state index in [0.29, 0.717) is 17.4 Å². The maximum Gasteiger partial charge on any atom is 0.165 e. The van der Waals surface area contributed by atoms with Crippen LogP contribution < -0.4 is 15.2 Å². The number of morpholine rings is 1. The third kappa shape index (κ3) is 7.33. The molecule has 0 radical (unpaired) electrons. The molecule has 9 nitrogen and oxygen atoms in total. The van der Waals surface area contributed by atoms with Crippen LogP contribution in [0.5, 0.6) is 11.5 Å². The summed E-state index contributed by atoms with van der Waals surface area (Å²) in [4.78, 5) is 4.54. The zero-order chi connectivity index (χ0) is 25.8. The van der Waals surface area contributed by atoms with Gasteiger partial charge >= 0.3 is 0 Å². The van der Waals surface area contributed by atoms with Gasteiger partial charge in [0.25, 0.3) is 0 Å². The molecule has 0 aromatic heterocycles. The highest BCUT2D eigenvalue weighted by molar-refractivity contribution is 5.87. The lowest BCUT2D eigenvalue weighted by molar-refractivity contribution is 0.0394. The first-order valence-corrected chi connectivity index (χ1v) is 12.6. The first kappa shape index (κ1) is 27.7. The smallest absolute Gasteiger partial charge is 0.165 e. The number of methoxy groups -OCH3 is 2. The molecule has 2 fully saturated rings. The van der Waals surface area contributed by atoms with Gasteiger partial charge in [-0.2, -0.15) is 0 Å². The molecule has 0 amide bonds. The second-order valence-corrected chi connectivity index (χ2v) is 8.95. The molecule has 0 bridgehead atoms. The van der Waals surface area contributed by atoms with Gasteiger partial charge in [-0.15, -0.1) is 5.11 Å². The van der Waals surface area contributed by atoms with Crippen LogP contribution in [0, 0.1) is 10.9 Å². The SMILES string of the molecule is COc1cccc(C(C(=N)N=N)N2CCC(c3ccccc3)CC2)c1OC.NCCN1CCOCC1. The van der Waals surface area contributed by atoms with Gasteiger partial charge in [-0.25, -0.2) is 5.53 Å². The zero-order valence-electron chi connectivity index (χ0n) is 21.5. The fourth-order valence-corrected chi connectivity index (χ4v) is 4.93. The van der Waals surface area contributed by atoms with Crippen molar-refractivity contribution in [1.82, 2.24) is 9.80 Å². The van der Waals surface area contributed by atoms with Crippen molar-refractivity contribution in [2.75, 3.05) is 66.7 Å². The minimum atomic E-state index is -0.413. The van der Waals surface area contributed by atoms with Gasteiger partial charge < -0.3 is 19.9 Å². The van der Waals surface area contributed by atoms with Gasteiger partial charge in [0.15, 0.2) is 17.3 Å². The molecular weight excluding hydrogens is 456 g/mol. The van der Waals surface area contributed by atoms with Crippen molar-refractivity contribution in [3.05, 3.63) is 59.7 Å². The number of nitrogens with zero attached hydrogens (tertiary/aromatic N) is 3. The Labute approximate surface area is 214 Å². The number of hydrogen-bond donors (Lipinski definition) is 3. The van der Waals surface area contributed by atoms with E-state index in [9.17, 15) is 0 Å². The van der Waals surface area contributed by atoms with E-state index >= 15 is 0 Å². The van der Waals surface area contributed by atoms with Gasteiger partial charge in [0.1, 0.15) is 6.04 Å². The lowest BCUT2D eigenvalue weighted by atomic mass is 9.88. The molecule has 36 heavy (non-hydrogen) atoms. The highest BCUT2D eigenvalue weighted by Gasteiger charge is 2.32. The molecule has 1 unspecified atom stereocenters. The minimum absolute atomic E-state index is 0.0136. The zero-order valence-corrected chi connectivity index (χ0v) is 21.5. The van der Waals surface area contributed by atoms with Gasteiger partial charge in [-0.3, -0.25) is 15.2 Å². The van der Waals surface area contributed by atoms with Crippen LogP contribution in [0.1, 0.15) is 35.9 Å². The van der Waals surface area contributed by atoms with Crippen molar-refractivity contribution in [3.63, 3.8) is 0 Å². The fraction of sp³-hybridized carbons (Fsp3) is 0.519. The number of amidine groups is 1. The number of benzene rings is 2. The Morgan fingerprint density at radius 2 is 1.72 bits per heavy atom. The normalized spacial score (nSPS) is 18.0. The van der Waals surface area contributed by atoms with Crippen LogP contribution in [-0.4, -0.2) is 82.3 Å². The van der Waals surface area contributed by atoms with E-state index in [2.05, 4.69) is 39.2 Å². The monoisotopic (exact) mass is 496 g/mol. The Morgan fingerprint density at radius 3 is 2.31 bits per heavy atom. The summed E-state index contributed by atoms with van der Waals surface area (Å²) in [5, 5.41) is 11.7. The van der Waals surface area contributed by atoms with Gasteiger partial charge in [-0.1, -0.05) is 42.5 Å². The molecule has 2 aromatic carbocycles. The van der Waals surface area contributed by atoms with Crippen LogP contribution in [-0.2, 0) is 4.74 Å². The van der Waals surface area contributed by atoms with Crippen molar-refractivity contribution < 1.29 is 14.2 Å². The summed E-state index contributed by atoms with van der Waals surface area (Å²) in [6.07, 6.45) is 2.02. The topological polar surface area (TPSA) is 120 Å². The lowest BCUT2D eigenvalue weighted by Gasteiger charge is -2.37. The molecular formula is C27H40N6O3. The Bertz CT molecular complexity index is 941. The summed E-state index contributed by atoms with van der Waals surface area (Å²) >= 11 is 0. The van der Waals surface area contributed by atoms with Crippen LogP contribution in [0.15, 0.2) is 53.6 Å². The maximum absolute atomic E-state index is 8.29. The summed E-state index contributed by atoms with van der Waals surface area (Å²) in [6, 6.07) is 15.8. The molecule has 0 spiro atoms. The van der Waals surface area contributed by atoms with Gasteiger partial charge in [0.2, 0.25) is 0 Å². The first-order valence-electron chi connectivity index (χ1n) is 12.6. The van der Waals surface area contributed by atoms with Crippen LogP contribution in [0.25, 0.3) is 0 Å². The predicted octanol–water partition coefficient (Wildman–Crippen LogP) is 3.91. The number of para-hydroxylation sites is 1. The molecule has 4 N–H and O–H groups in total. The molecule has 2 aliphatic rings. The minimum Gasteiger partial charge on any atom is -0.493 e. The third-order valence-electron chi connectivity index (χ3n) is 6.82. The number of hydrogen-bond acceptors (Lipinski definition) is 8. The molecule has 4 rings (SSSR count). The average molecular weight is 497 g/mol.